The van der Waals surface area contributed by atoms with E-state index < -0.39 is 4.92 Å². The highest BCUT2D eigenvalue weighted by Gasteiger charge is 2.20. The summed E-state index contributed by atoms with van der Waals surface area (Å²) in [5.41, 5.74) is 1.03. The zero-order valence-electron chi connectivity index (χ0n) is 9.52. The van der Waals surface area contributed by atoms with Gasteiger partial charge in [-0.3, -0.25) is 10.1 Å². The van der Waals surface area contributed by atoms with E-state index in [2.05, 4.69) is 26.0 Å². The van der Waals surface area contributed by atoms with Crippen molar-refractivity contribution in [3.63, 3.8) is 0 Å². The summed E-state index contributed by atoms with van der Waals surface area (Å²) in [4.78, 5) is 14.8. The van der Waals surface area contributed by atoms with E-state index in [-0.39, 0.29) is 5.69 Å². The molecule has 3 aromatic rings. The van der Waals surface area contributed by atoms with Crippen LogP contribution in [-0.2, 0) is 0 Å². The van der Waals surface area contributed by atoms with Crippen LogP contribution >= 0.6 is 15.9 Å². The number of nitro groups is 1. The first-order valence-electron chi connectivity index (χ1n) is 5.39. The molecule has 0 N–H and O–H groups in total. The third-order valence-corrected chi connectivity index (χ3v) is 3.11. The van der Waals surface area contributed by atoms with Crippen molar-refractivity contribution in [2.45, 2.75) is 0 Å². The number of rotatable bonds is 2. The summed E-state index contributed by atoms with van der Waals surface area (Å²) in [7, 11) is 0. The Morgan fingerprint density at radius 3 is 2.74 bits per heavy atom. The van der Waals surface area contributed by atoms with Crippen molar-refractivity contribution in [3.05, 3.63) is 57.4 Å². The zero-order valence-corrected chi connectivity index (χ0v) is 11.1. The Morgan fingerprint density at radius 2 is 2.05 bits per heavy atom. The number of nitrogens with zero attached hydrogens (tertiary/aromatic N) is 4. The summed E-state index contributed by atoms with van der Waals surface area (Å²) in [6.45, 7) is 0. The van der Waals surface area contributed by atoms with E-state index in [0.717, 1.165) is 4.47 Å². The van der Waals surface area contributed by atoms with E-state index in [4.69, 9.17) is 0 Å². The van der Waals surface area contributed by atoms with E-state index in [9.17, 15) is 10.1 Å². The minimum atomic E-state index is -0.454. The second-order valence-corrected chi connectivity index (χ2v) is 4.79. The molecule has 1 aromatic carbocycles. The van der Waals surface area contributed by atoms with Gasteiger partial charge >= 0.3 is 5.69 Å². The van der Waals surface area contributed by atoms with Gasteiger partial charge in [0.05, 0.1) is 21.1 Å². The summed E-state index contributed by atoms with van der Waals surface area (Å²) in [6, 6.07) is 7.25. The first-order chi connectivity index (χ1) is 9.16. The van der Waals surface area contributed by atoms with Crippen LogP contribution in [0.15, 0.2) is 47.3 Å². The number of benzene rings is 1. The van der Waals surface area contributed by atoms with Gasteiger partial charge in [0.2, 0.25) is 0 Å². The third kappa shape index (κ3) is 1.97. The average Bonchev–Trinajstić information content (AvgIpc) is 2.83. The molecule has 0 unspecified atom stereocenters. The molecule has 2 heterocycles. The third-order valence-electron chi connectivity index (χ3n) is 2.70. The molecule has 0 fully saturated rings. The van der Waals surface area contributed by atoms with Gasteiger partial charge in [0.25, 0.3) is 0 Å². The molecule has 0 aliphatic heterocycles. The topological polar surface area (TPSA) is 73.8 Å². The SMILES string of the molecule is O=[N+]([O-])c1cnc2ccccc2c1-n1cc(Br)cn1. The predicted molar refractivity (Wildman–Crippen MR) is 73.2 cm³/mol. The molecule has 0 bridgehead atoms. The molecule has 0 amide bonds. The lowest BCUT2D eigenvalue weighted by atomic mass is 10.1. The fourth-order valence-corrected chi connectivity index (χ4v) is 2.20. The number of para-hydroxylation sites is 1. The fraction of sp³-hybridized carbons (Fsp3) is 0. The molecule has 0 aliphatic rings. The quantitative estimate of drug-likeness (QED) is 0.537. The fourth-order valence-electron chi connectivity index (χ4n) is 1.91. The average molecular weight is 319 g/mol. The van der Waals surface area contributed by atoms with Crippen LogP contribution in [0.1, 0.15) is 0 Å². The number of halogens is 1. The van der Waals surface area contributed by atoms with Gasteiger partial charge in [0, 0.05) is 11.6 Å². The van der Waals surface area contributed by atoms with E-state index in [1.807, 2.05) is 12.1 Å². The number of hydrogen-bond donors (Lipinski definition) is 0. The van der Waals surface area contributed by atoms with Crippen LogP contribution in [-0.4, -0.2) is 19.7 Å². The van der Waals surface area contributed by atoms with E-state index in [0.29, 0.717) is 16.6 Å². The lowest BCUT2D eigenvalue weighted by molar-refractivity contribution is -0.384. The van der Waals surface area contributed by atoms with Gasteiger partial charge in [0.15, 0.2) is 5.69 Å². The number of hydrogen-bond acceptors (Lipinski definition) is 4. The van der Waals surface area contributed by atoms with Crippen LogP contribution < -0.4 is 0 Å². The Kier molecular flexibility index (Phi) is 2.75. The van der Waals surface area contributed by atoms with Gasteiger partial charge in [0.1, 0.15) is 6.20 Å². The largest absolute Gasteiger partial charge is 0.313 e. The summed E-state index contributed by atoms with van der Waals surface area (Å²) >= 11 is 3.29. The molecule has 6 nitrogen and oxygen atoms in total. The number of pyridine rings is 1. The first-order valence-corrected chi connectivity index (χ1v) is 6.19. The number of fused-ring (bicyclic) bond motifs is 1. The molecule has 0 spiro atoms. The molecule has 19 heavy (non-hydrogen) atoms. The Morgan fingerprint density at radius 1 is 1.26 bits per heavy atom. The van der Waals surface area contributed by atoms with Crippen molar-refractivity contribution >= 4 is 32.5 Å². The molecular weight excluding hydrogens is 312 g/mol. The van der Waals surface area contributed by atoms with Gasteiger partial charge in [-0.2, -0.15) is 5.10 Å². The molecule has 0 atom stereocenters. The number of aromatic nitrogens is 3. The van der Waals surface area contributed by atoms with E-state index >= 15 is 0 Å². The molecule has 0 saturated heterocycles. The lowest BCUT2D eigenvalue weighted by Crippen LogP contribution is -2.02. The van der Waals surface area contributed by atoms with Crippen LogP contribution in [0, 0.1) is 10.1 Å². The molecule has 0 aliphatic carbocycles. The normalized spacial score (nSPS) is 10.8. The minimum Gasteiger partial charge on any atom is -0.258 e. The van der Waals surface area contributed by atoms with Gasteiger partial charge < -0.3 is 0 Å². The van der Waals surface area contributed by atoms with Gasteiger partial charge in [-0.1, -0.05) is 18.2 Å². The second-order valence-electron chi connectivity index (χ2n) is 3.87. The molecule has 0 radical (unpaired) electrons. The summed E-state index contributed by atoms with van der Waals surface area (Å²) in [5.74, 6) is 0. The Labute approximate surface area is 116 Å². The second kappa shape index (κ2) is 4.43. The van der Waals surface area contributed by atoms with Crippen molar-refractivity contribution in [2.75, 3.05) is 0 Å². The van der Waals surface area contributed by atoms with E-state index in [1.165, 1.54) is 10.9 Å². The smallest absolute Gasteiger partial charge is 0.258 e. The Bertz CT molecular complexity index is 784. The first kappa shape index (κ1) is 11.8. The Balaban J connectivity index is 2.41. The summed E-state index contributed by atoms with van der Waals surface area (Å²) in [5, 5.41) is 16.0. The van der Waals surface area contributed by atoms with Crippen LogP contribution in [0.4, 0.5) is 5.69 Å². The maximum atomic E-state index is 11.2. The van der Waals surface area contributed by atoms with Crippen molar-refractivity contribution in [3.8, 4) is 5.69 Å². The maximum absolute atomic E-state index is 11.2. The highest BCUT2D eigenvalue weighted by molar-refractivity contribution is 9.10. The molecule has 94 valence electrons. The monoisotopic (exact) mass is 318 g/mol. The highest BCUT2D eigenvalue weighted by Crippen LogP contribution is 2.29. The minimum absolute atomic E-state index is 0.0747. The molecule has 7 heteroatoms. The highest BCUT2D eigenvalue weighted by atomic mass is 79.9. The van der Waals surface area contributed by atoms with Crippen molar-refractivity contribution in [1.29, 1.82) is 0 Å². The van der Waals surface area contributed by atoms with Crippen LogP contribution in [0.25, 0.3) is 16.6 Å². The van der Waals surface area contributed by atoms with Crippen molar-refractivity contribution < 1.29 is 4.92 Å². The van der Waals surface area contributed by atoms with Crippen molar-refractivity contribution in [2.24, 2.45) is 0 Å². The zero-order chi connectivity index (χ0) is 13.4. The van der Waals surface area contributed by atoms with Gasteiger partial charge in [-0.15, -0.1) is 0 Å². The van der Waals surface area contributed by atoms with E-state index in [1.54, 1.807) is 24.5 Å². The lowest BCUT2D eigenvalue weighted by Gasteiger charge is -2.06. The Hall–Kier alpha value is -2.28. The maximum Gasteiger partial charge on any atom is 0.313 e. The van der Waals surface area contributed by atoms with Crippen LogP contribution in [0.5, 0.6) is 0 Å². The molecule has 0 saturated carbocycles. The molecule has 2 aromatic heterocycles. The van der Waals surface area contributed by atoms with Crippen molar-refractivity contribution in [1.82, 2.24) is 14.8 Å². The molecular formula is C12H7BrN4O2. The van der Waals surface area contributed by atoms with Gasteiger partial charge in [-0.05, 0) is 22.0 Å². The van der Waals surface area contributed by atoms with Crippen LogP contribution in [0.3, 0.4) is 0 Å². The standard InChI is InChI=1S/C12H7BrN4O2/c13-8-5-15-16(7-8)12-9-3-1-2-4-10(9)14-6-11(12)17(18)19/h1-7H. The predicted octanol–water partition coefficient (Wildman–Crippen LogP) is 3.09. The molecule has 3 rings (SSSR count). The summed E-state index contributed by atoms with van der Waals surface area (Å²) in [6.07, 6.45) is 4.51. The summed E-state index contributed by atoms with van der Waals surface area (Å²) < 4.78 is 2.23. The van der Waals surface area contributed by atoms with Gasteiger partial charge in [-0.25, -0.2) is 9.67 Å². The van der Waals surface area contributed by atoms with Crippen LogP contribution in [0.2, 0.25) is 0 Å².